The van der Waals surface area contributed by atoms with E-state index in [-0.39, 0.29) is 6.09 Å². The molecule has 0 radical (unpaired) electrons. The molecule has 0 spiro atoms. The van der Waals surface area contributed by atoms with Crippen LogP contribution in [0.4, 0.5) is 16.3 Å². The smallest absolute Gasteiger partial charge is 0.410 e. The van der Waals surface area contributed by atoms with Gasteiger partial charge in [-0.1, -0.05) is 12.1 Å². The van der Waals surface area contributed by atoms with Gasteiger partial charge < -0.3 is 25.2 Å². The van der Waals surface area contributed by atoms with E-state index in [9.17, 15) is 10.0 Å². The zero-order chi connectivity index (χ0) is 21.3. The fourth-order valence-electron chi connectivity index (χ4n) is 3.60. The molecule has 2 heterocycles. The van der Waals surface area contributed by atoms with E-state index in [0.717, 1.165) is 27.9 Å². The Morgan fingerprint density at radius 2 is 1.70 bits per heavy atom. The highest BCUT2D eigenvalue weighted by Crippen LogP contribution is 2.29. The van der Waals surface area contributed by atoms with Gasteiger partial charge in [-0.05, 0) is 45.0 Å². The van der Waals surface area contributed by atoms with Crippen LogP contribution in [0.15, 0.2) is 48.5 Å². The number of fused-ring (bicyclic) bond motifs is 1. The number of hydrogen-bond donors (Lipinski definition) is 1. The van der Waals surface area contributed by atoms with Crippen LogP contribution in [0.25, 0.3) is 16.6 Å². The first-order valence-electron chi connectivity index (χ1n) is 10.1. The van der Waals surface area contributed by atoms with Gasteiger partial charge in [0.15, 0.2) is 5.82 Å². The number of para-hydroxylation sites is 1. The monoisotopic (exact) mass is 409 g/mol. The van der Waals surface area contributed by atoms with Crippen LogP contribution in [-0.4, -0.2) is 52.6 Å². The third-order valence-electron chi connectivity index (χ3n) is 5.07. The van der Waals surface area contributed by atoms with E-state index in [1.54, 1.807) is 17.0 Å². The second-order valence-electron chi connectivity index (χ2n) is 8.42. The molecule has 0 bridgehead atoms. The Hall–Kier alpha value is -3.10. The van der Waals surface area contributed by atoms with Crippen LogP contribution in [0.5, 0.6) is 0 Å². The molecule has 1 aliphatic rings. The number of quaternary nitrogens is 1. The van der Waals surface area contributed by atoms with Crippen LogP contribution >= 0.6 is 0 Å². The molecule has 30 heavy (non-hydrogen) atoms. The third-order valence-corrected chi connectivity index (χ3v) is 5.07. The lowest BCUT2D eigenvalue weighted by molar-refractivity contribution is -0.497. The Morgan fingerprint density at radius 3 is 2.33 bits per heavy atom. The van der Waals surface area contributed by atoms with Crippen LogP contribution in [0, 0.1) is 5.21 Å². The number of rotatable bonds is 3. The second kappa shape index (κ2) is 7.97. The lowest BCUT2D eigenvalue weighted by Crippen LogP contribution is -2.70. The van der Waals surface area contributed by atoms with Crippen molar-refractivity contribution in [3.63, 3.8) is 0 Å². The Labute approximate surface area is 175 Å². The van der Waals surface area contributed by atoms with Gasteiger partial charge in [0.05, 0.1) is 11.2 Å². The van der Waals surface area contributed by atoms with Crippen molar-refractivity contribution in [1.29, 1.82) is 0 Å². The molecule has 0 atom stereocenters. The number of nitrogens with two attached hydrogens (primary N) is 1. The van der Waals surface area contributed by atoms with Gasteiger partial charge in [0, 0.05) is 43.7 Å². The molecule has 1 saturated heterocycles. The summed E-state index contributed by atoms with van der Waals surface area (Å²) in [6, 6.07) is 15.5. The van der Waals surface area contributed by atoms with E-state index < -0.39 is 5.60 Å². The quantitative estimate of drug-likeness (QED) is 0.531. The van der Waals surface area contributed by atoms with Crippen molar-refractivity contribution < 1.29 is 15.0 Å². The Balaban J connectivity index is 1.57. The first kappa shape index (κ1) is 20.2. The highest BCUT2D eigenvalue weighted by atomic mass is 16.6. The van der Waals surface area contributed by atoms with Gasteiger partial charge in [-0.3, -0.25) is 0 Å². The van der Waals surface area contributed by atoms with Crippen molar-refractivity contribution in [1.82, 2.24) is 14.7 Å². The lowest BCUT2D eigenvalue weighted by Gasteiger charge is -2.35. The number of carbonyl (C=O) groups is 1. The van der Waals surface area contributed by atoms with Gasteiger partial charge in [0.25, 0.3) is 0 Å². The maximum Gasteiger partial charge on any atom is 0.410 e. The Morgan fingerprint density at radius 1 is 1.03 bits per heavy atom. The number of hydrogen-bond acceptors (Lipinski definition) is 5. The van der Waals surface area contributed by atoms with Crippen molar-refractivity contribution in [2.75, 3.05) is 31.1 Å². The number of ether oxygens (including phenoxy) is 1. The van der Waals surface area contributed by atoms with Gasteiger partial charge in [-0.25, -0.2) is 9.48 Å². The van der Waals surface area contributed by atoms with Crippen LogP contribution < -0.4 is 10.4 Å². The van der Waals surface area contributed by atoms with Gasteiger partial charge in [-0.15, -0.1) is 5.10 Å². The maximum absolute atomic E-state index is 12.4. The van der Waals surface area contributed by atoms with Crippen LogP contribution in [-0.2, 0) is 4.74 Å². The summed E-state index contributed by atoms with van der Waals surface area (Å²) in [5, 5.41) is 16.9. The zero-order valence-electron chi connectivity index (χ0n) is 17.5. The van der Waals surface area contributed by atoms with E-state index in [2.05, 4.69) is 11.0 Å². The predicted molar refractivity (Wildman–Crippen MR) is 116 cm³/mol. The standard InChI is InChI=1S/C22H27N5O3/c1-22(2,3)30-21(28)26-14-12-25(13-15-26)20-18-6-4-5-7-19(18)27(23-20)17-10-8-16(24-29)9-11-17/h4-11H,12-15,24H2,1-3H3. The minimum absolute atomic E-state index is 0.271. The minimum atomic E-state index is -0.497. The number of aromatic nitrogens is 2. The summed E-state index contributed by atoms with van der Waals surface area (Å²) in [7, 11) is 0. The van der Waals surface area contributed by atoms with E-state index in [0.29, 0.717) is 31.9 Å². The number of carbonyl (C=O) groups excluding carboxylic acids is 1. The molecule has 1 aromatic heterocycles. The molecule has 2 N–H and O–H groups in total. The topological polar surface area (TPSA) is 90.3 Å². The molecule has 0 saturated carbocycles. The highest BCUT2D eigenvalue weighted by Gasteiger charge is 2.27. The molecule has 3 aromatic rings. The molecule has 8 heteroatoms. The molecule has 158 valence electrons. The van der Waals surface area contributed by atoms with Crippen molar-refractivity contribution in [2.45, 2.75) is 26.4 Å². The number of anilines is 1. The fourth-order valence-corrected chi connectivity index (χ4v) is 3.60. The Bertz CT molecular complexity index is 1030. The van der Waals surface area contributed by atoms with E-state index in [1.165, 1.54) is 0 Å². The van der Waals surface area contributed by atoms with Crippen molar-refractivity contribution in [2.24, 2.45) is 0 Å². The van der Waals surface area contributed by atoms with Crippen molar-refractivity contribution in [3.8, 4) is 5.69 Å². The number of benzene rings is 2. The maximum atomic E-state index is 12.4. The average molecular weight is 409 g/mol. The molecule has 4 rings (SSSR count). The third kappa shape index (κ3) is 4.10. The molecular weight excluding hydrogens is 382 g/mol. The van der Waals surface area contributed by atoms with Crippen LogP contribution in [0.3, 0.4) is 0 Å². The summed E-state index contributed by atoms with van der Waals surface area (Å²) in [5.74, 6) is 0.897. The van der Waals surface area contributed by atoms with Crippen LogP contribution in [0.1, 0.15) is 20.8 Å². The molecule has 1 aliphatic heterocycles. The first-order valence-corrected chi connectivity index (χ1v) is 10.1. The molecule has 0 aliphatic carbocycles. The van der Waals surface area contributed by atoms with E-state index in [4.69, 9.17) is 9.84 Å². The fraction of sp³-hybridized carbons (Fsp3) is 0.364. The SMILES string of the molecule is CC(C)(C)OC(=O)N1CCN(c2nn(-c3ccc([NH2+][O-])cc3)c3ccccc23)CC1. The van der Waals surface area contributed by atoms with E-state index >= 15 is 0 Å². The predicted octanol–water partition coefficient (Wildman–Crippen LogP) is 2.78. The molecule has 1 fully saturated rings. The molecular formula is C22H27N5O3. The first-order chi connectivity index (χ1) is 14.4. The highest BCUT2D eigenvalue weighted by molar-refractivity contribution is 5.92. The van der Waals surface area contributed by atoms with E-state index in [1.807, 2.05) is 55.8 Å². The second-order valence-corrected chi connectivity index (χ2v) is 8.42. The largest absolute Gasteiger partial charge is 0.630 e. The van der Waals surface area contributed by atoms with Gasteiger partial charge in [-0.2, -0.15) is 0 Å². The molecule has 0 unspecified atom stereocenters. The Kier molecular flexibility index (Phi) is 5.36. The van der Waals surface area contributed by atoms with Crippen molar-refractivity contribution >= 4 is 28.5 Å². The summed E-state index contributed by atoms with van der Waals surface area (Å²) in [5.41, 5.74) is 2.87. The lowest BCUT2D eigenvalue weighted by atomic mass is 10.2. The summed E-state index contributed by atoms with van der Waals surface area (Å²) in [4.78, 5) is 16.3. The summed E-state index contributed by atoms with van der Waals surface area (Å²) in [6.45, 7) is 8.17. The number of amides is 1. The number of nitrogens with zero attached hydrogens (tertiary/aromatic N) is 4. The normalized spacial score (nSPS) is 14.9. The summed E-state index contributed by atoms with van der Waals surface area (Å²) < 4.78 is 7.40. The average Bonchev–Trinajstić information content (AvgIpc) is 3.12. The van der Waals surface area contributed by atoms with Gasteiger partial charge in [0.1, 0.15) is 11.3 Å². The van der Waals surface area contributed by atoms with Crippen LogP contribution in [0.2, 0.25) is 0 Å². The molecule has 2 aromatic carbocycles. The summed E-state index contributed by atoms with van der Waals surface area (Å²) >= 11 is 0. The minimum Gasteiger partial charge on any atom is -0.630 e. The molecule has 8 nitrogen and oxygen atoms in total. The molecule has 1 amide bonds. The van der Waals surface area contributed by atoms with Gasteiger partial charge >= 0.3 is 6.09 Å². The summed E-state index contributed by atoms with van der Waals surface area (Å²) in [6.07, 6.45) is -0.271. The zero-order valence-corrected chi connectivity index (χ0v) is 17.5. The number of piperazine rings is 1. The van der Waals surface area contributed by atoms with Gasteiger partial charge in [0.2, 0.25) is 0 Å². The van der Waals surface area contributed by atoms with Crippen molar-refractivity contribution in [3.05, 3.63) is 53.7 Å².